The van der Waals surface area contributed by atoms with E-state index in [9.17, 15) is 33.0 Å². The lowest BCUT2D eigenvalue weighted by Gasteiger charge is -2.36. The highest BCUT2D eigenvalue weighted by atomic mass is 19.4. The molecule has 1 aromatic heterocycles. The highest BCUT2D eigenvalue weighted by Gasteiger charge is 2.37. The molecule has 4 rings (SSSR count). The molecule has 9 nitrogen and oxygen atoms in total. The Bertz CT molecular complexity index is 1010. The molecule has 2 aliphatic heterocycles. The monoisotopic (exact) mass is 510 g/mol. The largest absolute Gasteiger partial charge is 0.572 e. The molecule has 0 bridgehead atoms. The van der Waals surface area contributed by atoms with Crippen LogP contribution < -0.4 is 5.32 Å². The van der Waals surface area contributed by atoms with E-state index in [0.717, 1.165) is 5.56 Å². The van der Waals surface area contributed by atoms with E-state index in [1.54, 1.807) is 18.3 Å². The van der Waals surface area contributed by atoms with Crippen molar-refractivity contribution in [3.63, 3.8) is 0 Å². The van der Waals surface area contributed by atoms with Gasteiger partial charge in [-0.3, -0.25) is 14.6 Å². The number of hydrogen-bond donors (Lipinski definition) is 3. The van der Waals surface area contributed by atoms with Crippen LogP contribution in [0, 0.1) is 5.92 Å². The quantitative estimate of drug-likeness (QED) is 0.510. The normalized spacial score (nSPS) is 20.2. The zero-order chi connectivity index (χ0) is 25.9. The number of carbonyl (C=O) groups excluding carboxylic acids is 2. The van der Waals surface area contributed by atoms with Gasteiger partial charge in [0, 0.05) is 38.8 Å². The molecule has 3 heterocycles. The standard InChI is InChI=1S/C24H29F3N4O5/c25-24(26,27)36-19-6-2-1-5-18(19)30-10-7-15(8-11-30)12-29-22(34)20(32)21(33)23(35)31-13-16-4-3-9-28-17(16)14-31/h1,3-5,9,15,20-21,32-33H,2,6-8,10-14H2,(H,29,34)/t20-,21-/m1/s1. The summed E-state index contributed by atoms with van der Waals surface area (Å²) in [6.07, 6.45) is -1.62. The summed E-state index contributed by atoms with van der Waals surface area (Å²) in [5.41, 5.74) is 1.98. The maximum atomic E-state index is 12.7. The maximum Gasteiger partial charge on any atom is 0.572 e. The number of piperidine rings is 1. The van der Waals surface area contributed by atoms with Gasteiger partial charge in [0.25, 0.3) is 11.8 Å². The SMILES string of the molecule is O=C(NCC1CCN(C2=C(OC(F)(F)F)CCC=C2)CC1)[C@H](O)[C@@H](O)C(=O)N1Cc2cccnc2C1. The van der Waals surface area contributed by atoms with Crippen molar-refractivity contribution in [2.24, 2.45) is 5.92 Å². The first-order valence-corrected chi connectivity index (χ1v) is 11.9. The van der Waals surface area contributed by atoms with Crippen LogP contribution in [-0.4, -0.2) is 75.0 Å². The summed E-state index contributed by atoms with van der Waals surface area (Å²) in [6.45, 7) is 1.62. The Labute approximate surface area is 206 Å². The molecule has 0 spiro atoms. The van der Waals surface area contributed by atoms with Crippen molar-refractivity contribution in [2.45, 2.75) is 57.3 Å². The number of fused-ring (bicyclic) bond motifs is 1. The Morgan fingerprint density at radius 3 is 2.64 bits per heavy atom. The molecule has 36 heavy (non-hydrogen) atoms. The van der Waals surface area contributed by atoms with E-state index >= 15 is 0 Å². The van der Waals surface area contributed by atoms with Gasteiger partial charge in [-0.05, 0) is 42.9 Å². The Kier molecular flexibility index (Phi) is 7.84. The van der Waals surface area contributed by atoms with Gasteiger partial charge in [-0.1, -0.05) is 12.1 Å². The van der Waals surface area contributed by atoms with E-state index in [2.05, 4.69) is 15.0 Å². The van der Waals surface area contributed by atoms with Gasteiger partial charge >= 0.3 is 6.36 Å². The highest BCUT2D eigenvalue weighted by molar-refractivity contribution is 5.90. The predicted molar refractivity (Wildman–Crippen MR) is 120 cm³/mol. The fraction of sp³-hybridized carbons (Fsp3) is 0.542. The van der Waals surface area contributed by atoms with Crippen LogP contribution in [0.15, 0.2) is 41.9 Å². The summed E-state index contributed by atoms with van der Waals surface area (Å²) >= 11 is 0. The van der Waals surface area contributed by atoms with Crippen LogP contribution in [0.1, 0.15) is 36.9 Å². The Morgan fingerprint density at radius 2 is 1.94 bits per heavy atom. The number of aromatic nitrogens is 1. The minimum atomic E-state index is -4.74. The number of alkyl halides is 3. The number of hydrogen-bond acceptors (Lipinski definition) is 7. The van der Waals surface area contributed by atoms with Crippen LogP contribution in [-0.2, 0) is 27.4 Å². The molecule has 1 aromatic rings. The van der Waals surface area contributed by atoms with Gasteiger partial charge in [-0.2, -0.15) is 0 Å². The van der Waals surface area contributed by atoms with Crippen molar-refractivity contribution in [1.29, 1.82) is 0 Å². The average molecular weight is 511 g/mol. The Morgan fingerprint density at radius 1 is 1.19 bits per heavy atom. The number of aliphatic hydroxyl groups excluding tert-OH is 2. The Hall–Kier alpha value is -3.12. The number of pyridine rings is 1. The van der Waals surface area contributed by atoms with Gasteiger partial charge in [0.15, 0.2) is 12.2 Å². The zero-order valence-corrected chi connectivity index (χ0v) is 19.6. The van der Waals surface area contributed by atoms with E-state index in [-0.39, 0.29) is 37.7 Å². The average Bonchev–Trinajstić information content (AvgIpc) is 3.30. The Balaban J connectivity index is 1.24. The number of amides is 2. The second kappa shape index (κ2) is 10.9. The minimum Gasteiger partial charge on any atom is -0.408 e. The van der Waals surface area contributed by atoms with E-state index in [0.29, 0.717) is 43.7 Å². The van der Waals surface area contributed by atoms with Crippen molar-refractivity contribution < 1.29 is 37.7 Å². The van der Waals surface area contributed by atoms with E-state index < -0.39 is 30.4 Å². The fourth-order valence-corrected chi connectivity index (χ4v) is 4.70. The summed E-state index contributed by atoms with van der Waals surface area (Å²) in [5.74, 6) is -1.67. The number of nitrogens with zero attached hydrogens (tertiary/aromatic N) is 3. The first kappa shape index (κ1) is 26.0. The van der Waals surface area contributed by atoms with Gasteiger partial charge in [0.05, 0.1) is 17.9 Å². The number of aliphatic hydroxyl groups is 2. The van der Waals surface area contributed by atoms with E-state index in [4.69, 9.17) is 0 Å². The van der Waals surface area contributed by atoms with Gasteiger partial charge in [0.2, 0.25) is 0 Å². The molecule has 12 heteroatoms. The van der Waals surface area contributed by atoms with Gasteiger partial charge in [0.1, 0.15) is 5.76 Å². The number of ether oxygens (including phenoxy) is 1. The smallest absolute Gasteiger partial charge is 0.408 e. The molecule has 1 aliphatic carbocycles. The molecule has 1 fully saturated rings. The molecule has 2 amide bonds. The van der Waals surface area contributed by atoms with Gasteiger partial charge in [-0.15, -0.1) is 13.2 Å². The lowest BCUT2D eigenvalue weighted by atomic mass is 9.95. The second-order valence-electron chi connectivity index (χ2n) is 9.17. The summed E-state index contributed by atoms with van der Waals surface area (Å²) in [7, 11) is 0. The number of likely N-dealkylation sites (tertiary alicyclic amines) is 1. The van der Waals surface area contributed by atoms with Crippen LogP contribution in [0.2, 0.25) is 0 Å². The number of allylic oxidation sites excluding steroid dienone is 3. The van der Waals surface area contributed by atoms with Crippen molar-refractivity contribution in [2.75, 3.05) is 19.6 Å². The number of rotatable bonds is 7. The van der Waals surface area contributed by atoms with Crippen molar-refractivity contribution >= 4 is 11.8 Å². The van der Waals surface area contributed by atoms with Crippen molar-refractivity contribution in [1.82, 2.24) is 20.1 Å². The fourth-order valence-electron chi connectivity index (χ4n) is 4.70. The molecule has 2 atom stereocenters. The molecular formula is C24H29F3N4O5. The number of halogens is 3. The number of nitrogens with one attached hydrogen (secondary N) is 1. The van der Waals surface area contributed by atoms with Crippen LogP contribution in [0.25, 0.3) is 0 Å². The molecule has 0 aromatic carbocycles. The predicted octanol–water partition coefficient (Wildman–Crippen LogP) is 1.57. The molecule has 0 unspecified atom stereocenters. The topological polar surface area (TPSA) is 115 Å². The third-order valence-electron chi connectivity index (χ3n) is 6.68. The molecule has 196 valence electrons. The van der Waals surface area contributed by atoms with Crippen LogP contribution in [0.3, 0.4) is 0 Å². The summed E-state index contributed by atoms with van der Waals surface area (Å²) in [6, 6.07) is 3.57. The lowest BCUT2D eigenvalue weighted by Crippen LogP contribution is -2.50. The molecule has 3 N–H and O–H groups in total. The summed E-state index contributed by atoms with van der Waals surface area (Å²) in [5, 5.41) is 23.1. The second-order valence-corrected chi connectivity index (χ2v) is 9.17. The third-order valence-corrected chi connectivity index (χ3v) is 6.68. The first-order valence-electron chi connectivity index (χ1n) is 11.9. The maximum absolute atomic E-state index is 12.7. The van der Waals surface area contributed by atoms with Crippen molar-refractivity contribution in [3.05, 3.63) is 53.2 Å². The molecular weight excluding hydrogens is 481 g/mol. The minimum absolute atomic E-state index is 0.0320. The van der Waals surface area contributed by atoms with Crippen LogP contribution in [0.4, 0.5) is 13.2 Å². The van der Waals surface area contributed by atoms with Crippen molar-refractivity contribution in [3.8, 4) is 0 Å². The molecule has 3 aliphatic rings. The van der Waals surface area contributed by atoms with Crippen LogP contribution >= 0.6 is 0 Å². The molecule has 0 radical (unpaired) electrons. The van der Waals surface area contributed by atoms with Gasteiger partial charge in [-0.25, -0.2) is 0 Å². The van der Waals surface area contributed by atoms with Crippen LogP contribution in [0.5, 0.6) is 0 Å². The lowest BCUT2D eigenvalue weighted by molar-refractivity contribution is -0.307. The highest BCUT2D eigenvalue weighted by Crippen LogP contribution is 2.32. The first-order chi connectivity index (χ1) is 17.1. The molecule has 1 saturated heterocycles. The van der Waals surface area contributed by atoms with E-state index in [1.165, 1.54) is 4.90 Å². The molecule has 0 saturated carbocycles. The third kappa shape index (κ3) is 6.16. The zero-order valence-electron chi connectivity index (χ0n) is 19.6. The summed E-state index contributed by atoms with van der Waals surface area (Å²) in [4.78, 5) is 32.3. The van der Waals surface area contributed by atoms with E-state index in [1.807, 2.05) is 17.0 Å². The summed E-state index contributed by atoms with van der Waals surface area (Å²) < 4.78 is 42.4. The van der Waals surface area contributed by atoms with Gasteiger partial charge < -0.3 is 30.1 Å². The number of carbonyl (C=O) groups is 2.